The molecule has 0 saturated heterocycles. The number of nitrogens with two attached hydrogens (primary N) is 1. The average molecular weight is 317 g/mol. The van der Waals surface area contributed by atoms with Crippen LogP contribution in [-0.2, 0) is 0 Å². The molecule has 0 heterocycles. The van der Waals surface area contributed by atoms with Crippen molar-refractivity contribution in [2.24, 2.45) is 5.73 Å². The van der Waals surface area contributed by atoms with E-state index in [0.717, 1.165) is 0 Å². The van der Waals surface area contributed by atoms with E-state index in [-0.39, 0.29) is 29.1 Å². The summed E-state index contributed by atoms with van der Waals surface area (Å²) in [5.74, 6) is -1.32. The fourth-order valence-corrected chi connectivity index (χ4v) is 1.68. The predicted molar refractivity (Wildman–Crippen MR) is 64.6 cm³/mol. The largest absolute Gasteiger partial charge is 0.396 e. The third kappa shape index (κ3) is 3.66. The second kappa shape index (κ2) is 7.17. The van der Waals surface area contributed by atoms with E-state index >= 15 is 0 Å². The Morgan fingerprint density at radius 3 is 2.56 bits per heavy atom. The average Bonchev–Trinajstić information content (AvgIpc) is 2.21. The van der Waals surface area contributed by atoms with Crippen LogP contribution in [0.15, 0.2) is 16.6 Å². The molecule has 16 heavy (non-hydrogen) atoms. The van der Waals surface area contributed by atoms with Crippen LogP contribution < -0.4 is 5.73 Å². The Hall–Kier alpha value is -0.230. The van der Waals surface area contributed by atoms with Gasteiger partial charge in [-0.05, 0) is 40.9 Å². The van der Waals surface area contributed by atoms with Crippen molar-refractivity contribution in [1.82, 2.24) is 0 Å². The van der Waals surface area contributed by atoms with Crippen LogP contribution in [0, 0.1) is 11.6 Å². The first-order valence-corrected chi connectivity index (χ1v) is 5.37. The van der Waals surface area contributed by atoms with Gasteiger partial charge in [0.1, 0.15) is 11.6 Å². The summed E-state index contributed by atoms with van der Waals surface area (Å²) < 4.78 is 27.0. The SMILES string of the molecule is Cl.N[C@H](CCCO)c1c(F)ccc(Br)c1F. The summed E-state index contributed by atoms with van der Waals surface area (Å²) in [6.45, 7) is -0.0368. The molecule has 1 atom stereocenters. The molecule has 0 aromatic heterocycles. The summed E-state index contributed by atoms with van der Waals surface area (Å²) in [6, 6.07) is 1.74. The van der Waals surface area contributed by atoms with Gasteiger partial charge in [-0.15, -0.1) is 12.4 Å². The minimum absolute atomic E-state index is 0. The number of rotatable bonds is 4. The maximum absolute atomic E-state index is 13.5. The van der Waals surface area contributed by atoms with E-state index in [9.17, 15) is 8.78 Å². The van der Waals surface area contributed by atoms with E-state index < -0.39 is 17.7 Å². The summed E-state index contributed by atoms with van der Waals surface area (Å²) in [4.78, 5) is 0. The Bertz CT molecular complexity index is 352. The van der Waals surface area contributed by atoms with Crippen LogP contribution in [0.5, 0.6) is 0 Å². The molecule has 0 radical (unpaired) electrons. The van der Waals surface area contributed by atoms with Crippen LogP contribution in [0.1, 0.15) is 24.4 Å². The highest BCUT2D eigenvalue weighted by Crippen LogP contribution is 2.27. The molecule has 1 aromatic rings. The van der Waals surface area contributed by atoms with Crippen molar-refractivity contribution in [1.29, 1.82) is 0 Å². The topological polar surface area (TPSA) is 46.2 Å². The molecule has 1 rings (SSSR count). The standard InChI is InChI=1S/C10H12BrF2NO.ClH/c11-6-3-4-7(12)9(10(6)13)8(14)2-1-5-15;/h3-4,8,15H,1-2,5,14H2;1H/t8-;/m1./s1. The maximum Gasteiger partial charge on any atom is 0.145 e. The lowest BCUT2D eigenvalue weighted by Gasteiger charge is -2.13. The molecule has 6 heteroatoms. The molecular formula is C10H13BrClF2NO. The third-order valence-corrected chi connectivity index (χ3v) is 2.74. The Balaban J connectivity index is 0.00000225. The highest BCUT2D eigenvalue weighted by molar-refractivity contribution is 9.10. The first-order chi connectivity index (χ1) is 7.07. The molecule has 0 spiro atoms. The van der Waals surface area contributed by atoms with Gasteiger partial charge >= 0.3 is 0 Å². The lowest BCUT2D eigenvalue weighted by Crippen LogP contribution is -2.15. The summed E-state index contributed by atoms with van der Waals surface area (Å²) in [6.07, 6.45) is 0.771. The number of aliphatic hydroxyl groups excluding tert-OH is 1. The number of hydrogen-bond donors (Lipinski definition) is 2. The summed E-state index contributed by atoms with van der Waals surface area (Å²) >= 11 is 2.97. The van der Waals surface area contributed by atoms with Crippen LogP contribution in [0.3, 0.4) is 0 Å². The van der Waals surface area contributed by atoms with Crippen molar-refractivity contribution in [3.05, 3.63) is 33.8 Å². The molecule has 92 valence electrons. The number of aliphatic hydroxyl groups is 1. The van der Waals surface area contributed by atoms with Gasteiger partial charge < -0.3 is 10.8 Å². The molecule has 2 nitrogen and oxygen atoms in total. The number of halogens is 4. The van der Waals surface area contributed by atoms with Crippen LogP contribution in [0.4, 0.5) is 8.78 Å². The molecule has 1 aromatic carbocycles. The minimum atomic E-state index is -0.727. The highest BCUT2D eigenvalue weighted by Gasteiger charge is 2.18. The Kier molecular flexibility index (Phi) is 7.06. The van der Waals surface area contributed by atoms with Crippen molar-refractivity contribution in [3.8, 4) is 0 Å². The fourth-order valence-electron chi connectivity index (χ4n) is 1.34. The summed E-state index contributed by atoms with van der Waals surface area (Å²) in [5, 5.41) is 8.60. The zero-order valence-electron chi connectivity index (χ0n) is 8.42. The van der Waals surface area contributed by atoms with E-state index in [2.05, 4.69) is 15.9 Å². The lowest BCUT2D eigenvalue weighted by atomic mass is 10.0. The van der Waals surface area contributed by atoms with Crippen molar-refractivity contribution in [2.45, 2.75) is 18.9 Å². The molecule has 0 unspecified atom stereocenters. The minimum Gasteiger partial charge on any atom is -0.396 e. The third-order valence-electron chi connectivity index (χ3n) is 2.12. The van der Waals surface area contributed by atoms with Gasteiger partial charge in [0, 0.05) is 18.2 Å². The summed E-state index contributed by atoms with van der Waals surface area (Å²) in [5.41, 5.74) is 5.51. The first-order valence-electron chi connectivity index (χ1n) is 4.57. The van der Waals surface area contributed by atoms with E-state index in [4.69, 9.17) is 10.8 Å². The zero-order chi connectivity index (χ0) is 11.4. The van der Waals surface area contributed by atoms with Crippen LogP contribution in [0.25, 0.3) is 0 Å². The maximum atomic E-state index is 13.5. The van der Waals surface area contributed by atoms with Gasteiger partial charge in [0.2, 0.25) is 0 Å². The van der Waals surface area contributed by atoms with Crippen molar-refractivity contribution in [2.75, 3.05) is 6.61 Å². The van der Waals surface area contributed by atoms with Gasteiger partial charge in [0.15, 0.2) is 0 Å². The number of benzene rings is 1. The Morgan fingerprint density at radius 1 is 1.38 bits per heavy atom. The van der Waals surface area contributed by atoms with E-state index in [1.165, 1.54) is 12.1 Å². The highest BCUT2D eigenvalue weighted by atomic mass is 79.9. The molecule has 0 saturated carbocycles. The molecule has 0 aliphatic rings. The van der Waals surface area contributed by atoms with Gasteiger partial charge in [-0.1, -0.05) is 0 Å². The van der Waals surface area contributed by atoms with Crippen LogP contribution in [0.2, 0.25) is 0 Å². The molecule has 0 aliphatic heterocycles. The molecule has 0 bridgehead atoms. The van der Waals surface area contributed by atoms with Crippen LogP contribution in [-0.4, -0.2) is 11.7 Å². The van der Waals surface area contributed by atoms with Crippen molar-refractivity contribution < 1.29 is 13.9 Å². The van der Waals surface area contributed by atoms with Crippen LogP contribution >= 0.6 is 28.3 Å². The van der Waals surface area contributed by atoms with Gasteiger partial charge in [-0.3, -0.25) is 0 Å². The Labute approximate surface area is 107 Å². The fraction of sp³-hybridized carbons (Fsp3) is 0.400. The molecule has 3 N–H and O–H groups in total. The molecule has 0 fully saturated rings. The van der Waals surface area contributed by atoms with E-state index in [1.807, 2.05) is 0 Å². The second-order valence-electron chi connectivity index (χ2n) is 3.23. The normalized spacial score (nSPS) is 12.1. The lowest BCUT2D eigenvalue weighted by molar-refractivity contribution is 0.278. The monoisotopic (exact) mass is 315 g/mol. The molecular weight excluding hydrogens is 303 g/mol. The van der Waals surface area contributed by atoms with Gasteiger partial charge in [0.05, 0.1) is 4.47 Å². The van der Waals surface area contributed by atoms with Gasteiger partial charge in [0.25, 0.3) is 0 Å². The predicted octanol–water partition coefficient (Wildman–Crippen LogP) is 2.92. The van der Waals surface area contributed by atoms with E-state index in [0.29, 0.717) is 12.8 Å². The summed E-state index contributed by atoms with van der Waals surface area (Å²) in [7, 11) is 0. The van der Waals surface area contributed by atoms with Crippen molar-refractivity contribution in [3.63, 3.8) is 0 Å². The quantitative estimate of drug-likeness (QED) is 0.839. The smallest absolute Gasteiger partial charge is 0.145 e. The number of hydrogen-bond acceptors (Lipinski definition) is 2. The molecule has 0 amide bonds. The van der Waals surface area contributed by atoms with Gasteiger partial charge in [-0.25, -0.2) is 8.78 Å². The first kappa shape index (κ1) is 15.8. The van der Waals surface area contributed by atoms with E-state index in [1.54, 1.807) is 0 Å². The Morgan fingerprint density at radius 2 is 2.00 bits per heavy atom. The second-order valence-corrected chi connectivity index (χ2v) is 4.08. The zero-order valence-corrected chi connectivity index (χ0v) is 10.8. The van der Waals surface area contributed by atoms with Crippen molar-refractivity contribution >= 4 is 28.3 Å². The van der Waals surface area contributed by atoms with Gasteiger partial charge in [-0.2, -0.15) is 0 Å². The molecule has 0 aliphatic carbocycles.